The number of hydrogen-bond acceptors (Lipinski definition) is 4. The molecule has 1 aliphatic rings. The molecule has 0 unspecified atom stereocenters. The Kier molecular flexibility index (Phi) is 5.52. The van der Waals surface area contributed by atoms with Crippen molar-refractivity contribution in [2.45, 2.75) is 0 Å². The molecule has 1 amide bonds. The van der Waals surface area contributed by atoms with Crippen molar-refractivity contribution in [2.75, 3.05) is 53.4 Å². The van der Waals surface area contributed by atoms with Crippen LogP contribution in [0.25, 0.3) is 0 Å². The maximum Gasteiger partial charge on any atom is 0.254 e. The van der Waals surface area contributed by atoms with E-state index in [0.717, 1.165) is 32.7 Å². The lowest BCUT2D eigenvalue weighted by molar-refractivity contribution is 0.0937. The number of methoxy groups -OCH3 is 1. The molecule has 2 rings (SSSR count). The van der Waals surface area contributed by atoms with Crippen LogP contribution in [0.4, 0.5) is 4.39 Å². The summed E-state index contributed by atoms with van der Waals surface area (Å²) in [5.41, 5.74) is 0.0502. The zero-order valence-corrected chi connectivity index (χ0v) is 12.6. The number of rotatable bonds is 5. The van der Waals surface area contributed by atoms with Crippen LogP contribution in [-0.4, -0.2) is 69.1 Å². The number of halogens is 1. The van der Waals surface area contributed by atoms with Gasteiger partial charge in [-0.1, -0.05) is 0 Å². The molecule has 0 atom stereocenters. The lowest BCUT2D eigenvalue weighted by atomic mass is 10.2. The average molecular weight is 295 g/mol. The first-order valence-electron chi connectivity index (χ1n) is 7.13. The maximum absolute atomic E-state index is 13.8. The zero-order valence-electron chi connectivity index (χ0n) is 12.6. The van der Waals surface area contributed by atoms with Crippen molar-refractivity contribution in [3.05, 3.63) is 29.6 Å². The average Bonchev–Trinajstić information content (AvgIpc) is 2.49. The van der Waals surface area contributed by atoms with Crippen LogP contribution in [0, 0.1) is 5.82 Å². The highest BCUT2D eigenvalue weighted by Crippen LogP contribution is 2.15. The Labute approximate surface area is 124 Å². The van der Waals surface area contributed by atoms with E-state index in [2.05, 4.69) is 22.2 Å². The molecule has 0 spiro atoms. The van der Waals surface area contributed by atoms with Crippen molar-refractivity contribution in [3.8, 4) is 5.75 Å². The largest absolute Gasteiger partial charge is 0.497 e. The Morgan fingerprint density at radius 3 is 2.67 bits per heavy atom. The minimum absolute atomic E-state index is 0.0502. The van der Waals surface area contributed by atoms with E-state index in [1.807, 2.05) is 0 Å². The summed E-state index contributed by atoms with van der Waals surface area (Å²) >= 11 is 0. The number of nitrogens with one attached hydrogen (secondary N) is 1. The topological polar surface area (TPSA) is 44.8 Å². The Morgan fingerprint density at radius 1 is 1.33 bits per heavy atom. The van der Waals surface area contributed by atoms with Crippen LogP contribution in [0.2, 0.25) is 0 Å². The van der Waals surface area contributed by atoms with E-state index in [9.17, 15) is 9.18 Å². The van der Waals surface area contributed by atoms with Gasteiger partial charge >= 0.3 is 0 Å². The number of carbonyl (C=O) groups excluding carboxylic acids is 1. The molecule has 116 valence electrons. The van der Waals surface area contributed by atoms with Gasteiger partial charge in [-0.15, -0.1) is 0 Å². The molecule has 0 radical (unpaired) electrons. The lowest BCUT2D eigenvalue weighted by Crippen LogP contribution is -2.46. The van der Waals surface area contributed by atoms with Crippen molar-refractivity contribution >= 4 is 5.91 Å². The predicted molar refractivity (Wildman–Crippen MR) is 79.2 cm³/mol. The number of nitrogens with zero attached hydrogens (tertiary/aromatic N) is 2. The molecule has 5 nitrogen and oxygen atoms in total. The number of ether oxygens (including phenoxy) is 1. The van der Waals surface area contributed by atoms with Crippen molar-refractivity contribution in [3.63, 3.8) is 0 Å². The van der Waals surface area contributed by atoms with Gasteiger partial charge < -0.3 is 15.0 Å². The van der Waals surface area contributed by atoms with Gasteiger partial charge in [-0.25, -0.2) is 4.39 Å². The summed E-state index contributed by atoms with van der Waals surface area (Å²) in [6.45, 7) is 5.40. The third kappa shape index (κ3) is 4.41. The Morgan fingerprint density at radius 2 is 2.05 bits per heavy atom. The van der Waals surface area contributed by atoms with Crippen molar-refractivity contribution in [2.24, 2.45) is 0 Å². The smallest absolute Gasteiger partial charge is 0.254 e. The van der Waals surface area contributed by atoms with Gasteiger partial charge in [0.1, 0.15) is 11.6 Å². The summed E-state index contributed by atoms with van der Waals surface area (Å²) in [6, 6.07) is 4.24. The molecule has 1 heterocycles. The van der Waals surface area contributed by atoms with Gasteiger partial charge in [0.25, 0.3) is 5.91 Å². The van der Waals surface area contributed by atoms with E-state index in [4.69, 9.17) is 4.74 Å². The Balaban J connectivity index is 1.79. The van der Waals surface area contributed by atoms with Crippen LogP contribution >= 0.6 is 0 Å². The van der Waals surface area contributed by atoms with E-state index in [1.54, 1.807) is 6.07 Å². The van der Waals surface area contributed by atoms with E-state index in [-0.39, 0.29) is 11.5 Å². The van der Waals surface area contributed by atoms with Gasteiger partial charge in [0, 0.05) is 45.3 Å². The zero-order chi connectivity index (χ0) is 15.2. The van der Waals surface area contributed by atoms with E-state index >= 15 is 0 Å². The lowest BCUT2D eigenvalue weighted by Gasteiger charge is -2.32. The van der Waals surface area contributed by atoms with Crippen LogP contribution in [0.3, 0.4) is 0 Å². The molecule has 1 aromatic rings. The standard InChI is InChI=1S/C15H22FN3O2/c1-18-7-9-19(10-8-18)6-5-17-15(20)13-4-3-12(21-2)11-14(13)16/h3-4,11H,5-10H2,1-2H3,(H,17,20). The highest BCUT2D eigenvalue weighted by molar-refractivity contribution is 5.94. The normalized spacial score (nSPS) is 16.7. The first-order chi connectivity index (χ1) is 10.1. The molecular formula is C15H22FN3O2. The quantitative estimate of drug-likeness (QED) is 0.873. The Hall–Kier alpha value is -1.66. The first-order valence-corrected chi connectivity index (χ1v) is 7.13. The van der Waals surface area contributed by atoms with Gasteiger partial charge in [-0.2, -0.15) is 0 Å². The fourth-order valence-electron chi connectivity index (χ4n) is 2.30. The summed E-state index contributed by atoms with van der Waals surface area (Å²) in [5.74, 6) is -0.544. The molecule has 21 heavy (non-hydrogen) atoms. The Bertz CT molecular complexity index is 488. The van der Waals surface area contributed by atoms with Crippen LogP contribution < -0.4 is 10.1 Å². The fraction of sp³-hybridized carbons (Fsp3) is 0.533. The predicted octanol–water partition coefficient (Wildman–Crippen LogP) is 0.811. The first kappa shape index (κ1) is 15.7. The third-order valence-corrected chi connectivity index (χ3v) is 3.73. The molecule has 1 N–H and O–H groups in total. The number of piperazine rings is 1. The second kappa shape index (κ2) is 7.38. The van der Waals surface area contributed by atoms with E-state index in [1.165, 1.54) is 19.2 Å². The molecule has 0 aromatic heterocycles. The molecule has 0 saturated carbocycles. The highest BCUT2D eigenvalue weighted by atomic mass is 19.1. The second-order valence-electron chi connectivity index (χ2n) is 5.25. The molecule has 6 heteroatoms. The molecule has 1 aliphatic heterocycles. The number of hydrogen-bond donors (Lipinski definition) is 1. The molecule has 1 fully saturated rings. The van der Waals surface area contributed by atoms with Gasteiger partial charge in [0.15, 0.2) is 0 Å². The van der Waals surface area contributed by atoms with Gasteiger partial charge in [0.2, 0.25) is 0 Å². The fourth-order valence-corrected chi connectivity index (χ4v) is 2.30. The summed E-state index contributed by atoms with van der Waals surface area (Å²) in [7, 11) is 3.57. The van der Waals surface area contributed by atoms with Gasteiger partial charge in [0.05, 0.1) is 12.7 Å². The highest BCUT2D eigenvalue weighted by Gasteiger charge is 2.15. The minimum atomic E-state index is -0.563. The van der Waals surface area contributed by atoms with Crippen LogP contribution in [0.15, 0.2) is 18.2 Å². The van der Waals surface area contributed by atoms with Gasteiger partial charge in [-0.05, 0) is 19.2 Å². The van der Waals surface area contributed by atoms with Gasteiger partial charge in [-0.3, -0.25) is 9.69 Å². The SMILES string of the molecule is COc1ccc(C(=O)NCCN2CCN(C)CC2)c(F)c1. The van der Waals surface area contributed by atoms with E-state index in [0.29, 0.717) is 12.3 Å². The monoisotopic (exact) mass is 295 g/mol. The summed E-state index contributed by atoms with van der Waals surface area (Å²) in [4.78, 5) is 16.5. The maximum atomic E-state index is 13.8. The number of amides is 1. The van der Waals surface area contributed by atoms with Crippen LogP contribution in [-0.2, 0) is 0 Å². The summed E-state index contributed by atoms with van der Waals surface area (Å²) < 4.78 is 18.7. The van der Waals surface area contributed by atoms with Crippen LogP contribution in [0.1, 0.15) is 10.4 Å². The summed E-state index contributed by atoms with van der Waals surface area (Å²) in [5, 5.41) is 2.76. The number of likely N-dealkylation sites (N-methyl/N-ethyl adjacent to an activating group) is 1. The second-order valence-corrected chi connectivity index (χ2v) is 5.25. The summed E-state index contributed by atoms with van der Waals surface area (Å²) in [6.07, 6.45) is 0. The van der Waals surface area contributed by atoms with Crippen molar-refractivity contribution in [1.29, 1.82) is 0 Å². The van der Waals surface area contributed by atoms with Crippen LogP contribution in [0.5, 0.6) is 5.75 Å². The van der Waals surface area contributed by atoms with E-state index < -0.39 is 5.82 Å². The minimum Gasteiger partial charge on any atom is -0.497 e. The third-order valence-electron chi connectivity index (χ3n) is 3.73. The molecule has 1 saturated heterocycles. The molecule has 0 bridgehead atoms. The van der Waals surface area contributed by atoms with Crippen molar-refractivity contribution < 1.29 is 13.9 Å². The molecular weight excluding hydrogens is 273 g/mol. The molecule has 0 aliphatic carbocycles. The number of benzene rings is 1. The molecule has 1 aromatic carbocycles. The van der Waals surface area contributed by atoms with Crippen molar-refractivity contribution in [1.82, 2.24) is 15.1 Å². The number of carbonyl (C=O) groups is 1.